The Bertz CT molecular complexity index is 711. The van der Waals surface area contributed by atoms with Crippen LogP contribution in [0.15, 0.2) is 5.03 Å². The Kier molecular flexibility index (Phi) is 4.68. The van der Waals surface area contributed by atoms with Gasteiger partial charge in [0.25, 0.3) is 0 Å². The first-order valence-corrected chi connectivity index (χ1v) is 9.61. The van der Waals surface area contributed by atoms with Gasteiger partial charge in [0.1, 0.15) is 15.7 Å². The minimum Gasteiger partial charge on any atom is -0.369 e. The molecule has 118 valence electrons. The highest BCUT2D eigenvalue weighted by molar-refractivity contribution is 8.00. The summed E-state index contributed by atoms with van der Waals surface area (Å²) >= 11 is 3.27. The van der Waals surface area contributed by atoms with E-state index in [1.807, 2.05) is 11.3 Å². The van der Waals surface area contributed by atoms with E-state index in [-0.39, 0.29) is 11.7 Å². The third-order valence-electron chi connectivity index (χ3n) is 3.99. The van der Waals surface area contributed by atoms with Crippen LogP contribution in [-0.4, -0.2) is 21.6 Å². The second-order valence-corrected chi connectivity index (χ2v) is 8.03. The number of amides is 1. The van der Waals surface area contributed by atoms with E-state index < -0.39 is 0 Å². The summed E-state index contributed by atoms with van der Waals surface area (Å²) in [4.78, 5) is 23.2. The van der Waals surface area contributed by atoms with E-state index in [9.17, 15) is 4.79 Å². The fourth-order valence-electron chi connectivity index (χ4n) is 2.93. The topological polar surface area (TPSA) is 68.9 Å². The Morgan fingerprint density at radius 1 is 1.45 bits per heavy atom. The molecule has 1 aliphatic carbocycles. The third kappa shape index (κ3) is 3.13. The molecule has 2 aromatic rings. The maximum atomic E-state index is 11.1. The van der Waals surface area contributed by atoms with Gasteiger partial charge < -0.3 is 5.73 Å². The lowest BCUT2D eigenvalue weighted by atomic mass is 9.89. The third-order valence-corrected chi connectivity index (χ3v) is 6.14. The first kappa shape index (κ1) is 15.7. The van der Waals surface area contributed by atoms with E-state index in [2.05, 4.69) is 13.8 Å². The first-order chi connectivity index (χ1) is 10.6. The number of hydrogen-bond acceptors (Lipinski definition) is 5. The maximum Gasteiger partial charge on any atom is 0.227 e. The molecular weight excluding hydrogens is 314 g/mol. The Morgan fingerprint density at radius 3 is 3.00 bits per heavy atom. The number of rotatable bonds is 5. The summed E-state index contributed by atoms with van der Waals surface area (Å²) in [5.41, 5.74) is 6.72. The Hall–Kier alpha value is -1.14. The lowest BCUT2D eigenvalue weighted by molar-refractivity contribution is -0.115. The van der Waals surface area contributed by atoms with E-state index in [0.717, 1.165) is 47.3 Å². The monoisotopic (exact) mass is 335 g/mol. The van der Waals surface area contributed by atoms with Gasteiger partial charge in [0, 0.05) is 16.7 Å². The molecule has 1 atom stereocenters. The fourth-order valence-corrected chi connectivity index (χ4v) is 5.21. The molecule has 0 aliphatic heterocycles. The summed E-state index contributed by atoms with van der Waals surface area (Å²) in [6.07, 6.45) is 5.35. The highest BCUT2D eigenvalue weighted by Crippen LogP contribution is 2.40. The molecule has 2 heterocycles. The van der Waals surface area contributed by atoms with Crippen LogP contribution < -0.4 is 5.73 Å². The van der Waals surface area contributed by atoms with Crippen molar-refractivity contribution < 1.29 is 4.79 Å². The maximum absolute atomic E-state index is 11.1. The van der Waals surface area contributed by atoms with Gasteiger partial charge in [-0.3, -0.25) is 4.79 Å². The minimum absolute atomic E-state index is 0.276. The predicted octanol–water partition coefficient (Wildman–Crippen LogP) is 3.35. The predicted molar refractivity (Wildman–Crippen MR) is 92.5 cm³/mol. The van der Waals surface area contributed by atoms with Crippen LogP contribution in [0.5, 0.6) is 0 Å². The lowest BCUT2D eigenvalue weighted by Crippen LogP contribution is -2.13. The lowest BCUT2D eigenvalue weighted by Gasteiger charge is -2.18. The molecule has 1 aliphatic rings. The summed E-state index contributed by atoms with van der Waals surface area (Å²) in [5.74, 6) is 1.60. The van der Waals surface area contributed by atoms with Crippen molar-refractivity contribution in [1.82, 2.24) is 9.97 Å². The molecule has 0 fully saturated rings. The largest absolute Gasteiger partial charge is 0.369 e. The second kappa shape index (κ2) is 6.54. The number of fused-ring (bicyclic) bond motifs is 3. The number of hydrogen-bond donors (Lipinski definition) is 1. The normalized spacial score (nSPS) is 17.6. The van der Waals surface area contributed by atoms with Crippen LogP contribution in [-0.2, 0) is 24.1 Å². The number of nitrogens with zero attached hydrogens (tertiary/aromatic N) is 2. The van der Waals surface area contributed by atoms with Crippen LogP contribution in [0.2, 0.25) is 0 Å². The van der Waals surface area contributed by atoms with Crippen molar-refractivity contribution in [1.29, 1.82) is 0 Å². The number of primary amides is 1. The smallest absolute Gasteiger partial charge is 0.227 e. The van der Waals surface area contributed by atoms with Crippen LogP contribution in [0.3, 0.4) is 0 Å². The van der Waals surface area contributed by atoms with Crippen molar-refractivity contribution in [2.75, 3.05) is 5.75 Å². The van der Waals surface area contributed by atoms with Crippen molar-refractivity contribution in [3.8, 4) is 0 Å². The minimum atomic E-state index is -0.300. The number of nitrogens with two attached hydrogens (primary N) is 1. The average molecular weight is 335 g/mol. The quantitative estimate of drug-likeness (QED) is 0.672. The van der Waals surface area contributed by atoms with E-state index in [4.69, 9.17) is 15.7 Å². The zero-order chi connectivity index (χ0) is 15.7. The molecule has 0 unspecified atom stereocenters. The van der Waals surface area contributed by atoms with Gasteiger partial charge in [-0.2, -0.15) is 0 Å². The molecule has 0 saturated carbocycles. The molecule has 0 bridgehead atoms. The van der Waals surface area contributed by atoms with Crippen molar-refractivity contribution in [2.45, 2.75) is 51.0 Å². The second-order valence-electron chi connectivity index (χ2n) is 5.98. The standard InChI is InChI=1S/C16H21N3OS2/c1-3-4-13-18-15(21-8-12(17)20)14-10-6-5-9(2)7-11(10)22-16(14)19-13/h9H,3-8H2,1-2H3,(H2,17,20)/t9-/m0/s1. The van der Waals surface area contributed by atoms with E-state index in [1.165, 1.54) is 34.0 Å². The molecule has 0 radical (unpaired) electrons. The van der Waals surface area contributed by atoms with Gasteiger partial charge in [-0.1, -0.05) is 25.6 Å². The van der Waals surface area contributed by atoms with Crippen molar-refractivity contribution >= 4 is 39.2 Å². The molecule has 0 saturated heterocycles. The Balaban J connectivity index is 2.09. The van der Waals surface area contributed by atoms with E-state index >= 15 is 0 Å². The number of carbonyl (C=O) groups excluding carboxylic acids is 1. The summed E-state index contributed by atoms with van der Waals surface area (Å²) in [6, 6.07) is 0. The SMILES string of the molecule is CCCc1nc(SCC(N)=O)c2c3c(sc2n1)C[C@@H](C)CC3. The Labute approximate surface area is 138 Å². The van der Waals surface area contributed by atoms with E-state index in [1.54, 1.807) is 0 Å². The molecule has 2 N–H and O–H groups in total. The zero-order valence-electron chi connectivity index (χ0n) is 13.0. The summed E-state index contributed by atoms with van der Waals surface area (Å²) in [6.45, 7) is 4.44. The van der Waals surface area contributed by atoms with Crippen LogP contribution in [0.1, 0.15) is 43.0 Å². The zero-order valence-corrected chi connectivity index (χ0v) is 14.6. The Morgan fingerprint density at radius 2 is 2.27 bits per heavy atom. The highest BCUT2D eigenvalue weighted by Gasteiger charge is 2.24. The van der Waals surface area contributed by atoms with Crippen LogP contribution in [0, 0.1) is 5.92 Å². The first-order valence-electron chi connectivity index (χ1n) is 7.80. The van der Waals surface area contributed by atoms with Gasteiger partial charge in [0.15, 0.2) is 0 Å². The number of aromatic nitrogens is 2. The molecule has 0 spiro atoms. The van der Waals surface area contributed by atoms with Gasteiger partial charge in [0.05, 0.1) is 5.75 Å². The van der Waals surface area contributed by atoms with Crippen LogP contribution >= 0.6 is 23.1 Å². The summed E-state index contributed by atoms with van der Waals surface area (Å²) in [7, 11) is 0. The summed E-state index contributed by atoms with van der Waals surface area (Å²) < 4.78 is 0. The number of thiophene rings is 1. The number of aryl methyl sites for hydroxylation is 2. The fraction of sp³-hybridized carbons (Fsp3) is 0.562. The van der Waals surface area contributed by atoms with Crippen molar-refractivity contribution in [3.63, 3.8) is 0 Å². The van der Waals surface area contributed by atoms with Crippen molar-refractivity contribution in [2.24, 2.45) is 11.7 Å². The van der Waals surface area contributed by atoms with Gasteiger partial charge >= 0.3 is 0 Å². The molecule has 22 heavy (non-hydrogen) atoms. The van der Waals surface area contributed by atoms with Gasteiger partial charge in [-0.05, 0) is 37.2 Å². The van der Waals surface area contributed by atoms with Gasteiger partial charge in [-0.25, -0.2) is 9.97 Å². The molecular formula is C16H21N3OS2. The van der Waals surface area contributed by atoms with E-state index in [0.29, 0.717) is 0 Å². The molecule has 6 heteroatoms. The average Bonchev–Trinajstić information content (AvgIpc) is 2.82. The van der Waals surface area contributed by atoms with Crippen LogP contribution in [0.4, 0.5) is 0 Å². The summed E-state index contributed by atoms with van der Waals surface area (Å²) in [5, 5.41) is 2.12. The molecule has 4 nitrogen and oxygen atoms in total. The molecule has 2 aromatic heterocycles. The van der Waals surface area contributed by atoms with Gasteiger partial charge in [-0.15, -0.1) is 11.3 Å². The van der Waals surface area contributed by atoms with Gasteiger partial charge in [0.2, 0.25) is 5.91 Å². The number of carbonyl (C=O) groups is 1. The van der Waals surface area contributed by atoms with Crippen molar-refractivity contribution in [3.05, 3.63) is 16.3 Å². The molecule has 0 aromatic carbocycles. The molecule has 1 amide bonds. The number of thioether (sulfide) groups is 1. The molecule has 3 rings (SSSR count). The highest BCUT2D eigenvalue weighted by atomic mass is 32.2. The van der Waals surface area contributed by atoms with Crippen LogP contribution in [0.25, 0.3) is 10.2 Å².